The van der Waals surface area contributed by atoms with Crippen molar-refractivity contribution in [3.63, 3.8) is 0 Å². The quantitative estimate of drug-likeness (QED) is 0.441. The second-order valence-electron chi connectivity index (χ2n) is 2.43. The van der Waals surface area contributed by atoms with Crippen molar-refractivity contribution in [3.05, 3.63) is 39.9 Å². The van der Waals surface area contributed by atoms with Gasteiger partial charge in [-0.15, -0.1) is 0 Å². The highest BCUT2D eigenvalue weighted by molar-refractivity contribution is 5.90. The summed E-state index contributed by atoms with van der Waals surface area (Å²) in [6.07, 6.45) is 0.176. The van der Waals surface area contributed by atoms with Gasteiger partial charge in [0.25, 0.3) is 5.69 Å². The molecule has 7 nitrogen and oxygen atoms in total. The number of hydrogen-bond donors (Lipinski definition) is 1. The average Bonchev–Trinajstić information content (AvgIpc) is 2.26. The van der Waals surface area contributed by atoms with Gasteiger partial charge in [-0.3, -0.25) is 14.9 Å². The van der Waals surface area contributed by atoms with Crippen LogP contribution < -0.4 is 5.48 Å². The minimum atomic E-state index is -0.870. The number of nitrogens with one attached hydrogen (secondary N) is 1. The number of non-ortho nitro benzene ring substituents is 1. The molecule has 0 atom stereocenters. The first-order valence-corrected chi connectivity index (χ1v) is 3.80. The Morgan fingerprint density at radius 1 is 1.53 bits per heavy atom. The summed E-state index contributed by atoms with van der Waals surface area (Å²) in [5.74, 6) is -0.870. The van der Waals surface area contributed by atoms with Gasteiger partial charge in [0.05, 0.1) is 10.5 Å². The van der Waals surface area contributed by atoms with Gasteiger partial charge in [0.1, 0.15) is 0 Å². The lowest BCUT2D eigenvalue weighted by Crippen LogP contribution is -2.18. The van der Waals surface area contributed by atoms with Crippen LogP contribution in [0.15, 0.2) is 24.3 Å². The SMILES string of the molecule is O=CNOC(=O)c1cccc([N+](=O)[O-])c1. The fourth-order valence-corrected chi connectivity index (χ4v) is 0.883. The number of amides is 1. The molecular formula is C8H6N2O5. The molecule has 0 saturated carbocycles. The highest BCUT2D eigenvalue weighted by atomic mass is 16.7. The normalized spacial score (nSPS) is 9.07. The molecule has 0 saturated heterocycles. The lowest BCUT2D eigenvalue weighted by atomic mass is 10.2. The summed E-state index contributed by atoms with van der Waals surface area (Å²) < 4.78 is 0. The molecule has 1 N–H and O–H groups in total. The van der Waals surface area contributed by atoms with Crippen molar-refractivity contribution >= 4 is 18.1 Å². The Balaban J connectivity index is 2.85. The first-order valence-electron chi connectivity index (χ1n) is 3.80. The molecule has 78 valence electrons. The minimum absolute atomic E-state index is 0.0152. The second kappa shape index (κ2) is 4.70. The summed E-state index contributed by atoms with van der Waals surface area (Å²) in [4.78, 5) is 34.9. The molecule has 1 aromatic carbocycles. The van der Waals surface area contributed by atoms with Crippen molar-refractivity contribution < 1.29 is 19.3 Å². The summed E-state index contributed by atoms with van der Waals surface area (Å²) >= 11 is 0. The van der Waals surface area contributed by atoms with Gasteiger partial charge in [0.2, 0.25) is 6.41 Å². The number of nitro benzene ring substituents is 1. The van der Waals surface area contributed by atoms with Gasteiger partial charge in [0, 0.05) is 12.1 Å². The topological polar surface area (TPSA) is 98.5 Å². The smallest absolute Gasteiger partial charge is 0.336 e. The van der Waals surface area contributed by atoms with E-state index in [1.54, 1.807) is 5.48 Å². The number of hydrogen-bond acceptors (Lipinski definition) is 5. The van der Waals surface area contributed by atoms with E-state index >= 15 is 0 Å². The molecule has 1 rings (SSSR count). The number of rotatable bonds is 4. The zero-order valence-electron chi connectivity index (χ0n) is 7.38. The Labute approximate surface area is 83.8 Å². The second-order valence-corrected chi connectivity index (χ2v) is 2.43. The fourth-order valence-electron chi connectivity index (χ4n) is 0.883. The molecule has 0 fully saturated rings. The third kappa shape index (κ3) is 2.76. The van der Waals surface area contributed by atoms with Crippen molar-refractivity contribution in [2.24, 2.45) is 0 Å². The number of nitrogens with zero attached hydrogens (tertiary/aromatic N) is 1. The molecule has 0 spiro atoms. The number of hydroxylamine groups is 1. The van der Waals surface area contributed by atoms with Crippen LogP contribution in [-0.4, -0.2) is 17.3 Å². The van der Waals surface area contributed by atoms with Crippen molar-refractivity contribution in [3.8, 4) is 0 Å². The van der Waals surface area contributed by atoms with Crippen molar-refractivity contribution in [1.29, 1.82) is 0 Å². The molecule has 0 aliphatic carbocycles. The Morgan fingerprint density at radius 3 is 2.87 bits per heavy atom. The van der Waals surface area contributed by atoms with Crippen LogP contribution in [0.4, 0.5) is 5.69 Å². The number of nitro groups is 1. The number of benzene rings is 1. The van der Waals surface area contributed by atoms with E-state index in [1.807, 2.05) is 0 Å². The Morgan fingerprint density at radius 2 is 2.27 bits per heavy atom. The maximum Gasteiger partial charge on any atom is 0.363 e. The average molecular weight is 210 g/mol. The van der Waals surface area contributed by atoms with Crippen LogP contribution in [0.2, 0.25) is 0 Å². The van der Waals surface area contributed by atoms with Gasteiger partial charge in [-0.2, -0.15) is 5.48 Å². The molecule has 15 heavy (non-hydrogen) atoms. The van der Waals surface area contributed by atoms with Crippen LogP contribution in [0.1, 0.15) is 10.4 Å². The Kier molecular flexibility index (Phi) is 3.33. The summed E-state index contributed by atoms with van der Waals surface area (Å²) in [7, 11) is 0. The third-order valence-corrected chi connectivity index (χ3v) is 1.49. The molecule has 0 unspecified atom stereocenters. The van der Waals surface area contributed by atoms with E-state index in [4.69, 9.17) is 0 Å². The molecule has 1 amide bonds. The highest BCUT2D eigenvalue weighted by Gasteiger charge is 2.12. The van der Waals surface area contributed by atoms with Crippen LogP contribution in [0.5, 0.6) is 0 Å². The van der Waals surface area contributed by atoms with E-state index in [0.29, 0.717) is 0 Å². The summed E-state index contributed by atoms with van der Waals surface area (Å²) in [6, 6.07) is 4.97. The molecule has 0 heterocycles. The van der Waals surface area contributed by atoms with E-state index in [-0.39, 0.29) is 17.7 Å². The van der Waals surface area contributed by atoms with Crippen LogP contribution >= 0.6 is 0 Å². The van der Waals surface area contributed by atoms with Crippen LogP contribution in [-0.2, 0) is 9.63 Å². The highest BCUT2D eigenvalue weighted by Crippen LogP contribution is 2.13. The van der Waals surface area contributed by atoms with Crippen LogP contribution in [0.25, 0.3) is 0 Å². The van der Waals surface area contributed by atoms with E-state index in [0.717, 1.165) is 6.07 Å². The number of carbonyl (C=O) groups excluding carboxylic acids is 2. The van der Waals surface area contributed by atoms with Crippen molar-refractivity contribution in [2.45, 2.75) is 0 Å². The molecule has 0 aliphatic rings. The van der Waals surface area contributed by atoms with Crippen LogP contribution in [0, 0.1) is 10.1 Å². The maximum atomic E-state index is 11.1. The maximum absolute atomic E-state index is 11.1. The molecule has 0 bridgehead atoms. The van der Waals surface area contributed by atoms with Crippen molar-refractivity contribution in [1.82, 2.24) is 5.48 Å². The summed E-state index contributed by atoms with van der Waals surface area (Å²) in [6.45, 7) is 0. The molecular weight excluding hydrogens is 204 g/mol. The van der Waals surface area contributed by atoms with E-state index < -0.39 is 10.9 Å². The van der Waals surface area contributed by atoms with Gasteiger partial charge >= 0.3 is 5.97 Å². The zero-order chi connectivity index (χ0) is 11.3. The lowest BCUT2D eigenvalue weighted by molar-refractivity contribution is -0.384. The molecule has 7 heteroatoms. The zero-order valence-corrected chi connectivity index (χ0v) is 7.38. The lowest BCUT2D eigenvalue weighted by Gasteiger charge is -2.00. The van der Waals surface area contributed by atoms with E-state index in [1.165, 1.54) is 18.2 Å². The number of carbonyl (C=O) groups is 2. The molecule has 1 aromatic rings. The Bertz CT molecular complexity index is 404. The third-order valence-electron chi connectivity index (χ3n) is 1.49. The van der Waals surface area contributed by atoms with E-state index in [9.17, 15) is 19.7 Å². The predicted octanol–water partition coefficient (Wildman–Crippen LogP) is 0.413. The first-order chi connectivity index (χ1) is 7.15. The predicted molar refractivity (Wildman–Crippen MR) is 47.7 cm³/mol. The van der Waals surface area contributed by atoms with Crippen LogP contribution in [0.3, 0.4) is 0 Å². The summed E-state index contributed by atoms with van der Waals surface area (Å²) in [5, 5.41) is 10.4. The van der Waals surface area contributed by atoms with Gasteiger partial charge in [-0.1, -0.05) is 6.07 Å². The molecule has 0 aliphatic heterocycles. The fraction of sp³-hybridized carbons (Fsp3) is 0. The van der Waals surface area contributed by atoms with Crippen molar-refractivity contribution in [2.75, 3.05) is 0 Å². The monoisotopic (exact) mass is 210 g/mol. The summed E-state index contributed by atoms with van der Waals surface area (Å²) in [5.41, 5.74) is 1.45. The van der Waals surface area contributed by atoms with Gasteiger partial charge < -0.3 is 4.84 Å². The standard InChI is InChI=1S/C8H6N2O5/c11-5-9-15-8(12)6-2-1-3-7(4-6)10(13)14/h1-5H,(H,9,11). The van der Waals surface area contributed by atoms with Gasteiger partial charge in [0.15, 0.2) is 0 Å². The Hall–Kier alpha value is -2.44. The van der Waals surface area contributed by atoms with E-state index in [2.05, 4.69) is 4.84 Å². The van der Waals surface area contributed by atoms with Gasteiger partial charge in [-0.25, -0.2) is 4.79 Å². The molecule has 0 aromatic heterocycles. The minimum Gasteiger partial charge on any atom is -0.336 e. The molecule has 0 radical (unpaired) electrons. The van der Waals surface area contributed by atoms with Gasteiger partial charge in [-0.05, 0) is 6.07 Å². The largest absolute Gasteiger partial charge is 0.363 e. The first kappa shape index (κ1) is 10.6.